The van der Waals surface area contributed by atoms with Crippen LogP contribution in [-0.4, -0.2) is 30.6 Å². The van der Waals surface area contributed by atoms with Gasteiger partial charge in [-0.25, -0.2) is 0 Å². The molecule has 1 saturated heterocycles. The minimum absolute atomic E-state index is 0.434. The first kappa shape index (κ1) is 14.5. The van der Waals surface area contributed by atoms with Crippen molar-refractivity contribution in [2.24, 2.45) is 0 Å². The second kappa shape index (κ2) is 6.53. The molecular weight excluding hydrogens is 232 g/mol. The van der Waals surface area contributed by atoms with E-state index in [1.165, 1.54) is 30.4 Å². The zero-order valence-corrected chi connectivity index (χ0v) is 12.8. The fourth-order valence-electron chi connectivity index (χ4n) is 3.37. The van der Waals surface area contributed by atoms with Crippen LogP contribution in [0.4, 0.5) is 0 Å². The first-order valence-electron chi connectivity index (χ1n) is 7.62. The highest BCUT2D eigenvalue weighted by atomic mass is 15.2. The minimum Gasteiger partial charge on any atom is -0.312 e. The van der Waals surface area contributed by atoms with Gasteiger partial charge in [0.15, 0.2) is 0 Å². The maximum Gasteiger partial charge on any atom is 0.0449 e. The van der Waals surface area contributed by atoms with Crippen LogP contribution in [0.3, 0.4) is 0 Å². The van der Waals surface area contributed by atoms with Gasteiger partial charge in [0.05, 0.1) is 0 Å². The number of rotatable bonds is 4. The molecule has 1 heterocycles. The molecule has 1 unspecified atom stereocenters. The molecule has 1 N–H and O–H groups in total. The Morgan fingerprint density at radius 3 is 2.42 bits per heavy atom. The molecule has 0 spiro atoms. The quantitative estimate of drug-likeness (QED) is 0.891. The maximum atomic E-state index is 3.51. The molecule has 2 rings (SSSR count). The number of benzene rings is 1. The summed E-state index contributed by atoms with van der Waals surface area (Å²) in [5.74, 6) is 0. The molecule has 1 aromatic rings. The summed E-state index contributed by atoms with van der Waals surface area (Å²) >= 11 is 0. The van der Waals surface area contributed by atoms with E-state index in [4.69, 9.17) is 0 Å². The van der Waals surface area contributed by atoms with Crippen molar-refractivity contribution in [1.82, 2.24) is 10.2 Å². The summed E-state index contributed by atoms with van der Waals surface area (Å²) in [7, 11) is 2.08. The Balaban J connectivity index is 2.12. The first-order chi connectivity index (χ1) is 9.13. The van der Waals surface area contributed by atoms with Gasteiger partial charge in [-0.05, 0) is 51.8 Å². The van der Waals surface area contributed by atoms with Crippen molar-refractivity contribution < 1.29 is 0 Å². The van der Waals surface area contributed by atoms with Crippen LogP contribution in [-0.2, 0) is 0 Å². The fraction of sp³-hybridized carbons (Fsp3) is 0.647. The smallest absolute Gasteiger partial charge is 0.0449 e. The third kappa shape index (κ3) is 3.37. The van der Waals surface area contributed by atoms with E-state index in [1.54, 1.807) is 0 Å². The van der Waals surface area contributed by atoms with E-state index in [0.29, 0.717) is 18.1 Å². The van der Waals surface area contributed by atoms with Gasteiger partial charge in [0.1, 0.15) is 0 Å². The van der Waals surface area contributed by atoms with Gasteiger partial charge < -0.3 is 5.32 Å². The molecule has 0 aliphatic carbocycles. The number of likely N-dealkylation sites (N-methyl/N-ethyl adjacent to an activating group) is 1. The molecule has 1 aliphatic rings. The third-order valence-electron chi connectivity index (χ3n) is 4.68. The van der Waals surface area contributed by atoms with Crippen molar-refractivity contribution in [3.63, 3.8) is 0 Å². The zero-order valence-electron chi connectivity index (χ0n) is 12.8. The van der Waals surface area contributed by atoms with Gasteiger partial charge in [-0.2, -0.15) is 0 Å². The van der Waals surface area contributed by atoms with Crippen molar-refractivity contribution in [3.8, 4) is 0 Å². The molecule has 0 radical (unpaired) electrons. The van der Waals surface area contributed by atoms with Gasteiger partial charge in [0, 0.05) is 24.7 Å². The normalized spacial score (nSPS) is 26.3. The lowest BCUT2D eigenvalue weighted by Crippen LogP contribution is -2.47. The predicted octanol–water partition coefficient (Wildman–Crippen LogP) is 3.52. The Kier molecular flexibility index (Phi) is 5.00. The molecule has 0 amide bonds. The summed E-state index contributed by atoms with van der Waals surface area (Å²) in [6.45, 7) is 8.08. The van der Waals surface area contributed by atoms with Gasteiger partial charge in [-0.1, -0.05) is 30.7 Å². The van der Waals surface area contributed by atoms with Crippen LogP contribution in [0, 0.1) is 6.92 Å². The Bertz CT molecular complexity index is 392. The number of piperidine rings is 1. The Hall–Kier alpha value is -0.860. The van der Waals surface area contributed by atoms with E-state index in [9.17, 15) is 0 Å². The van der Waals surface area contributed by atoms with Crippen LogP contribution in [0.2, 0.25) is 0 Å². The standard InChI is InChI=1S/C17H28N2/c1-13-8-5-6-11-16(13)17(18-4)12-19-14(2)9-7-10-15(19)3/h5-6,8,11,14-15,17-18H,7,9-10,12H2,1-4H3/t14-,15+,17?. The van der Waals surface area contributed by atoms with E-state index in [2.05, 4.69) is 62.3 Å². The molecule has 2 heteroatoms. The van der Waals surface area contributed by atoms with Gasteiger partial charge in [-0.15, -0.1) is 0 Å². The average Bonchev–Trinajstić information content (AvgIpc) is 2.40. The van der Waals surface area contributed by atoms with Crippen LogP contribution in [0.25, 0.3) is 0 Å². The molecule has 3 atom stereocenters. The lowest BCUT2D eigenvalue weighted by Gasteiger charge is -2.41. The van der Waals surface area contributed by atoms with Crippen molar-refractivity contribution in [1.29, 1.82) is 0 Å². The van der Waals surface area contributed by atoms with Crippen LogP contribution in [0.5, 0.6) is 0 Å². The number of aryl methyl sites for hydroxylation is 1. The Labute approximate surface area is 118 Å². The summed E-state index contributed by atoms with van der Waals surface area (Å²) in [5, 5.41) is 3.51. The second-order valence-electron chi connectivity index (χ2n) is 6.02. The monoisotopic (exact) mass is 260 g/mol. The number of hydrogen-bond acceptors (Lipinski definition) is 2. The molecule has 0 aromatic heterocycles. The predicted molar refractivity (Wildman–Crippen MR) is 82.5 cm³/mol. The van der Waals surface area contributed by atoms with Gasteiger partial charge in [-0.3, -0.25) is 4.90 Å². The van der Waals surface area contributed by atoms with E-state index < -0.39 is 0 Å². The van der Waals surface area contributed by atoms with Crippen LogP contribution in [0.15, 0.2) is 24.3 Å². The third-order valence-corrected chi connectivity index (χ3v) is 4.68. The summed E-state index contributed by atoms with van der Waals surface area (Å²) < 4.78 is 0. The second-order valence-corrected chi connectivity index (χ2v) is 6.02. The summed E-state index contributed by atoms with van der Waals surface area (Å²) in [4.78, 5) is 2.68. The molecule has 1 aromatic carbocycles. The van der Waals surface area contributed by atoms with Crippen molar-refractivity contribution >= 4 is 0 Å². The number of likely N-dealkylation sites (tertiary alicyclic amines) is 1. The highest BCUT2D eigenvalue weighted by molar-refractivity contribution is 5.29. The highest BCUT2D eigenvalue weighted by Crippen LogP contribution is 2.26. The van der Waals surface area contributed by atoms with Crippen molar-refractivity contribution in [2.75, 3.05) is 13.6 Å². The maximum absolute atomic E-state index is 3.51. The van der Waals surface area contributed by atoms with Crippen LogP contribution in [0.1, 0.15) is 50.3 Å². The zero-order chi connectivity index (χ0) is 13.8. The molecule has 0 saturated carbocycles. The Morgan fingerprint density at radius 2 is 1.84 bits per heavy atom. The summed E-state index contributed by atoms with van der Waals surface area (Å²) in [6, 6.07) is 10.6. The average molecular weight is 260 g/mol. The lowest BCUT2D eigenvalue weighted by molar-refractivity contribution is 0.0919. The lowest BCUT2D eigenvalue weighted by atomic mass is 9.94. The molecule has 2 nitrogen and oxygen atoms in total. The van der Waals surface area contributed by atoms with E-state index in [0.717, 1.165) is 6.54 Å². The number of hydrogen-bond donors (Lipinski definition) is 1. The van der Waals surface area contributed by atoms with Gasteiger partial charge >= 0.3 is 0 Å². The topological polar surface area (TPSA) is 15.3 Å². The highest BCUT2D eigenvalue weighted by Gasteiger charge is 2.27. The van der Waals surface area contributed by atoms with E-state index >= 15 is 0 Å². The largest absolute Gasteiger partial charge is 0.312 e. The first-order valence-corrected chi connectivity index (χ1v) is 7.62. The molecule has 1 aliphatic heterocycles. The molecule has 19 heavy (non-hydrogen) atoms. The Morgan fingerprint density at radius 1 is 1.21 bits per heavy atom. The van der Waals surface area contributed by atoms with Crippen molar-refractivity contribution in [3.05, 3.63) is 35.4 Å². The van der Waals surface area contributed by atoms with Crippen molar-refractivity contribution in [2.45, 2.75) is 58.2 Å². The SMILES string of the molecule is CNC(CN1[C@H](C)CCC[C@@H]1C)c1ccccc1C. The fourth-order valence-corrected chi connectivity index (χ4v) is 3.37. The van der Waals surface area contributed by atoms with Gasteiger partial charge in [0.2, 0.25) is 0 Å². The summed E-state index contributed by atoms with van der Waals surface area (Å²) in [5.41, 5.74) is 2.83. The van der Waals surface area contributed by atoms with Gasteiger partial charge in [0.25, 0.3) is 0 Å². The molecule has 106 valence electrons. The summed E-state index contributed by atoms with van der Waals surface area (Å²) in [6.07, 6.45) is 4.07. The molecular formula is C17H28N2. The van der Waals surface area contributed by atoms with Crippen LogP contribution < -0.4 is 5.32 Å². The molecule has 1 fully saturated rings. The number of nitrogens with one attached hydrogen (secondary N) is 1. The van der Waals surface area contributed by atoms with E-state index in [1.807, 2.05) is 0 Å². The number of nitrogens with zero attached hydrogens (tertiary/aromatic N) is 1. The van der Waals surface area contributed by atoms with E-state index in [-0.39, 0.29) is 0 Å². The molecule has 0 bridgehead atoms. The van der Waals surface area contributed by atoms with Crippen LogP contribution >= 0.6 is 0 Å². The minimum atomic E-state index is 0.434.